The number of halogens is 3. The molecule has 1 saturated heterocycles. The van der Waals surface area contributed by atoms with Gasteiger partial charge in [-0.25, -0.2) is 0 Å². The lowest BCUT2D eigenvalue weighted by molar-refractivity contribution is -0.274. The van der Waals surface area contributed by atoms with E-state index in [1.54, 1.807) is 31.2 Å². The fourth-order valence-corrected chi connectivity index (χ4v) is 3.01. The molecule has 1 aliphatic rings. The molecule has 0 radical (unpaired) electrons. The Labute approximate surface area is 187 Å². The van der Waals surface area contributed by atoms with E-state index in [4.69, 9.17) is 4.74 Å². The lowest BCUT2D eigenvalue weighted by atomic mass is 10.1. The zero-order valence-corrected chi connectivity index (χ0v) is 17.9. The van der Waals surface area contributed by atoms with Crippen LogP contribution >= 0.6 is 0 Å². The molecule has 0 saturated carbocycles. The van der Waals surface area contributed by atoms with Gasteiger partial charge >= 0.3 is 6.36 Å². The van der Waals surface area contributed by atoms with Crippen molar-refractivity contribution in [2.75, 3.05) is 25.3 Å². The van der Waals surface area contributed by atoms with Gasteiger partial charge in [0.1, 0.15) is 5.75 Å². The molecule has 0 spiro atoms. The van der Waals surface area contributed by atoms with Crippen LogP contribution in [0.5, 0.6) is 5.75 Å². The summed E-state index contributed by atoms with van der Waals surface area (Å²) in [5.74, 6) is -1.01. The Kier molecular flexibility index (Phi) is 7.48. The normalized spacial score (nSPS) is 17.1. The van der Waals surface area contributed by atoms with Crippen LogP contribution in [-0.4, -0.2) is 60.4 Å². The van der Waals surface area contributed by atoms with Crippen molar-refractivity contribution >= 4 is 23.6 Å². The number of aromatic nitrogens is 2. The van der Waals surface area contributed by atoms with E-state index >= 15 is 0 Å². The molecule has 1 aliphatic heterocycles. The van der Waals surface area contributed by atoms with Gasteiger partial charge in [-0.2, -0.15) is 10.2 Å². The fraction of sp³-hybridized carbons (Fsp3) is 0.333. The number of nitrogens with one attached hydrogen (secondary N) is 1. The Balaban J connectivity index is 1.93. The Bertz CT molecular complexity index is 1040. The third-order valence-electron chi connectivity index (χ3n) is 4.65. The van der Waals surface area contributed by atoms with Crippen molar-refractivity contribution in [3.05, 3.63) is 53.9 Å². The van der Waals surface area contributed by atoms with Gasteiger partial charge in [0.05, 0.1) is 35.8 Å². The Morgan fingerprint density at radius 1 is 1.36 bits per heavy atom. The number of carbonyl (C=O) groups excluding carboxylic acids is 2. The lowest BCUT2D eigenvalue weighted by Gasteiger charge is -2.14. The number of aldehydes is 1. The average molecular weight is 465 g/mol. The van der Waals surface area contributed by atoms with Gasteiger partial charge in [-0.15, -0.1) is 13.2 Å². The molecule has 1 unspecified atom stereocenters. The van der Waals surface area contributed by atoms with Gasteiger partial charge in [-0.05, 0) is 36.8 Å². The van der Waals surface area contributed by atoms with Crippen molar-refractivity contribution in [1.82, 2.24) is 15.1 Å². The number of hydrogen-bond acceptors (Lipinski definition) is 7. The number of rotatable bonds is 8. The van der Waals surface area contributed by atoms with Crippen molar-refractivity contribution in [3.8, 4) is 5.75 Å². The largest absolute Gasteiger partial charge is 0.573 e. The molecular formula is C21H22F3N5O4. The zero-order valence-electron chi connectivity index (χ0n) is 17.9. The minimum absolute atomic E-state index is 0.167. The molecule has 3 rings (SSSR count). The minimum atomic E-state index is -4.83. The Morgan fingerprint density at radius 3 is 2.64 bits per heavy atom. The van der Waals surface area contributed by atoms with Crippen LogP contribution in [0.4, 0.5) is 18.9 Å². The summed E-state index contributed by atoms with van der Waals surface area (Å²) in [6.07, 6.45) is 0.711. The average Bonchev–Trinajstić information content (AvgIpc) is 3.42. The molecule has 2 aromatic rings. The topological polar surface area (TPSA) is 98.1 Å². The van der Waals surface area contributed by atoms with Crippen LogP contribution in [0, 0.1) is 0 Å². The molecule has 9 nitrogen and oxygen atoms in total. The number of carbonyl (C=O) groups is 2. The first-order valence-corrected chi connectivity index (χ1v) is 9.87. The smallest absolute Gasteiger partial charge is 0.406 e. The maximum Gasteiger partial charge on any atom is 0.573 e. The number of anilines is 1. The minimum Gasteiger partial charge on any atom is -0.406 e. The number of ether oxygens (including phenoxy) is 2. The predicted molar refractivity (Wildman–Crippen MR) is 113 cm³/mol. The molecule has 1 fully saturated rings. The standard InChI is InChI=1S/C21H22F3N5O4/c1-28-11-17(10-25-28)29(2)27-19(14-3-5-18(6-4-14)33-21(22,23)24)9-15(12-30)20(31)26-16-7-8-32-13-16/h3-6,9-12,16H,7-8,13H2,1-2H3,(H,26,31)/b15-9+,27-19+. The number of nitrogens with zero attached hydrogens (tertiary/aromatic N) is 4. The van der Waals surface area contributed by atoms with Crippen LogP contribution in [0.25, 0.3) is 0 Å². The first-order valence-electron chi connectivity index (χ1n) is 9.87. The van der Waals surface area contributed by atoms with Gasteiger partial charge < -0.3 is 14.8 Å². The third-order valence-corrected chi connectivity index (χ3v) is 4.65. The number of alkyl halides is 3. The number of amides is 1. The summed E-state index contributed by atoms with van der Waals surface area (Å²) in [6, 6.07) is 4.72. The second-order valence-corrected chi connectivity index (χ2v) is 7.20. The third kappa shape index (κ3) is 6.91. The van der Waals surface area contributed by atoms with Crippen molar-refractivity contribution in [2.45, 2.75) is 18.8 Å². The van der Waals surface area contributed by atoms with Crippen molar-refractivity contribution in [1.29, 1.82) is 0 Å². The highest BCUT2D eigenvalue weighted by Crippen LogP contribution is 2.23. The summed E-state index contributed by atoms with van der Waals surface area (Å²) < 4.78 is 48.1. The molecular weight excluding hydrogens is 443 g/mol. The van der Waals surface area contributed by atoms with Gasteiger partial charge in [-0.1, -0.05) is 0 Å². The molecule has 12 heteroatoms. The van der Waals surface area contributed by atoms with E-state index in [0.717, 1.165) is 12.1 Å². The van der Waals surface area contributed by atoms with E-state index in [2.05, 4.69) is 20.3 Å². The number of allylic oxidation sites excluding steroid dienone is 1. The summed E-state index contributed by atoms with van der Waals surface area (Å²) in [7, 11) is 3.35. The predicted octanol–water partition coefficient (Wildman–Crippen LogP) is 2.19. The molecule has 2 heterocycles. The van der Waals surface area contributed by atoms with Crippen LogP contribution < -0.4 is 15.1 Å². The maximum atomic E-state index is 12.6. The van der Waals surface area contributed by atoms with Crippen molar-refractivity contribution in [3.63, 3.8) is 0 Å². The molecule has 33 heavy (non-hydrogen) atoms. The van der Waals surface area contributed by atoms with E-state index in [1.807, 2.05) is 0 Å². The number of aryl methyl sites for hydroxylation is 1. The first kappa shape index (κ1) is 24.0. The second-order valence-electron chi connectivity index (χ2n) is 7.20. The van der Waals surface area contributed by atoms with E-state index < -0.39 is 18.0 Å². The van der Waals surface area contributed by atoms with E-state index in [1.165, 1.54) is 23.2 Å². The number of benzene rings is 1. The summed E-state index contributed by atoms with van der Waals surface area (Å²) in [5.41, 5.74) is 0.938. The van der Waals surface area contributed by atoms with Gasteiger partial charge in [0, 0.05) is 32.5 Å². The SMILES string of the molecule is CN(/N=C(\C=C(/C=O)C(=O)NC1CCOC1)c1ccc(OC(F)(F)F)cc1)c1cnn(C)c1. The van der Waals surface area contributed by atoms with Crippen LogP contribution in [0.1, 0.15) is 12.0 Å². The first-order chi connectivity index (χ1) is 15.6. The molecule has 1 N–H and O–H groups in total. The summed E-state index contributed by atoms with van der Waals surface area (Å²) in [5, 5.41) is 12.7. The molecule has 1 amide bonds. The highest BCUT2D eigenvalue weighted by molar-refractivity contribution is 6.19. The van der Waals surface area contributed by atoms with Crippen LogP contribution in [0.2, 0.25) is 0 Å². The summed E-state index contributed by atoms with van der Waals surface area (Å²) in [4.78, 5) is 24.2. The molecule has 1 atom stereocenters. The van der Waals surface area contributed by atoms with Crippen LogP contribution in [0.15, 0.2) is 53.4 Å². The highest BCUT2D eigenvalue weighted by atomic mass is 19.4. The zero-order chi connectivity index (χ0) is 24.0. The van der Waals surface area contributed by atoms with E-state index in [-0.39, 0.29) is 17.3 Å². The van der Waals surface area contributed by atoms with Gasteiger partial charge in [0.15, 0.2) is 6.29 Å². The van der Waals surface area contributed by atoms with E-state index in [0.29, 0.717) is 37.2 Å². The highest BCUT2D eigenvalue weighted by Gasteiger charge is 2.31. The fourth-order valence-electron chi connectivity index (χ4n) is 3.01. The molecule has 1 aromatic heterocycles. The van der Waals surface area contributed by atoms with Crippen LogP contribution in [0.3, 0.4) is 0 Å². The van der Waals surface area contributed by atoms with E-state index in [9.17, 15) is 22.8 Å². The number of hydrazone groups is 1. The quantitative estimate of drug-likeness (QED) is 0.160. The summed E-state index contributed by atoms with van der Waals surface area (Å²) in [6.45, 7) is 0.864. The van der Waals surface area contributed by atoms with Crippen LogP contribution in [-0.2, 0) is 21.4 Å². The summed E-state index contributed by atoms with van der Waals surface area (Å²) >= 11 is 0. The lowest BCUT2D eigenvalue weighted by Crippen LogP contribution is -2.36. The Morgan fingerprint density at radius 2 is 2.09 bits per heavy atom. The van der Waals surface area contributed by atoms with Crippen molar-refractivity contribution < 1.29 is 32.2 Å². The van der Waals surface area contributed by atoms with Gasteiger partial charge in [0.2, 0.25) is 0 Å². The monoisotopic (exact) mass is 465 g/mol. The van der Waals surface area contributed by atoms with Gasteiger partial charge in [-0.3, -0.25) is 19.3 Å². The second kappa shape index (κ2) is 10.3. The maximum absolute atomic E-state index is 12.6. The molecule has 1 aromatic carbocycles. The van der Waals surface area contributed by atoms with Gasteiger partial charge in [0.25, 0.3) is 5.91 Å². The molecule has 0 bridgehead atoms. The number of hydrogen-bond donors (Lipinski definition) is 1. The Hall–Kier alpha value is -3.67. The van der Waals surface area contributed by atoms with Crippen molar-refractivity contribution in [2.24, 2.45) is 12.1 Å². The molecule has 0 aliphatic carbocycles. The molecule has 176 valence electrons.